The first kappa shape index (κ1) is 14.0. The molecule has 0 saturated carbocycles. The van der Waals surface area contributed by atoms with Gasteiger partial charge in [0.05, 0.1) is 22.3 Å². The van der Waals surface area contributed by atoms with Gasteiger partial charge in [-0.15, -0.1) is 0 Å². The van der Waals surface area contributed by atoms with Crippen LogP contribution in [-0.4, -0.2) is 32.9 Å². The number of hydrogen-bond acceptors (Lipinski definition) is 4. The van der Waals surface area contributed by atoms with Crippen LogP contribution in [0.25, 0.3) is 11.0 Å². The highest BCUT2D eigenvalue weighted by molar-refractivity contribution is 5.92. The molecule has 3 N–H and O–H groups in total. The molecule has 1 fully saturated rings. The Labute approximate surface area is 123 Å². The van der Waals surface area contributed by atoms with Crippen molar-refractivity contribution in [2.45, 2.75) is 25.4 Å². The number of aliphatic hydroxyl groups is 1. The van der Waals surface area contributed by atoms with Gasteiger partial charge in [0.1, 0.15) is 0 Å². The molecule has 3 rings (SSSR count). The Balaban J connectivity index is 2.15. The number of benzene rings is 1. The molecule has 1 aromatic carbocycles. The average molecular weight is 290 g/mol. The number of hydrogen-bond donors (Lipinski definition) is 2. The smallest absolute Gasteiger partial charge is 0.328 e. The largest absolute Gasteiger partial charge is 0.399 e. The minimum atomic E-state index is -0.599. The number of piperidine rings is 1. The lowest BCUT2D eigenvalue weighted by Crippen LogP contribution is -2.42. The lowest BCUT2D eigenvalue weighted by Gasteiger charge is -2.37. The van der Waals surface area contributed by atoms with Crippen molar-refractivity contribution in [3.05, 3.63) is 22.6 Å². The van der Waals surface area contributed by atoms with E-state index in [1.54, 1.807) is 23.2 Å². The molecule has 0 bridgehead atoms. The van der Waals surface area contributed by atoms with Crippen molar-refractivity contribution in [2.24, 2.45) is 14.1 Å². The molecule has 0 unspecified atom stereocenters. The number of imidazole rings is 1. The second-order valence-corrected chi connectivity index (χ2v) is 6.29. The summed E-state index contributed by atoms with van der Waals surface area (Å²) >= 11 is 0. The third-order valence-corrected chi connectivity index (χ3v) is 4.54. The summed E-state index contributed by atoms with van der Waals surface area (Å²) in [6, 6.07) is 3.75. The fraction of sp³-hybridized carbons (Fsp3) is 0.533. The fourth-order valence-corrected chi connectivity index (χ4v) is 3.12. The van der Waals surface area contributed by atoms with E-state index < -0.39 is 5.60 Å². The van der Waals surface area contributed by atoms with Gasteiger partial charge in [0.2, 0.25) is 0 Å². The molecule has 0 radical (unpaired) electrons. The van der Waals surface area contributed by atoms with Crippen molar-refractivity contribution >= 4 is 22.4 Å². The van der Waals surface area contributed by atoms with Gasteiger partial charge in [-0.05, 0) is 31.9 Å². The van der Waals surface area contributed by atoms with Crippen LogP contribution < -0.4 is 16.3 Å². The van der Waals surface area contributed by atoms with Gasteiger partial charge in [-0.25, -0.2) is 4.79 Å². The van der Waals surface area contributed by atoms with Crippen molar-refractivity contribution in [1.82, 2.24) is 9.13 Å². The first-order chi connectivity index (χ1) is 9.80. The summed E-state index contributed by atoms with van der Waals surface area (Å²) in [5.74, 6) is 0. The molecule has 1 saturated heterocycles. The first-order valence-electron chi connectivity index (χ1n) is 7.22. The Morgan fingerprint density at radius 1 is 1.19 bits per heavy atom. The summed E-state index contributed by atoms with van der Waals surface area (Å²) in [5.41, 5.74) is 8.72. The Bertz CT molecular complexity index is 747. The van der Waals surface area contributed by atoms with Crippen molar-refractivity contribution in [3.63, 3.8) is 0 Å². The number of aromatic nitrogens is 2. The van der Waals surface area contributed by atoms with Crippen LogP contribution in [0.15, 0.2) is 16.9 Å². The van der Waals surface area contributed by atoms with E-state index in [2.05, 4.69) is 4.90 Å². The predicted octanol–water partition coefficient (Wildman–Crippen LogP) is 0.810. The molecule has 1 aliphatic heterocycles. The maximum atomic E-state index is 12.2. The molecule has 21 heavy (non-hydrogen) atoms. The number of aryl methyl sites for hydroxylation is 2. The molecule has 6 nitrogen and oxygen atoms in total. The minimum Gasteiger partial charge on any atom is -0.399 e. The minimum absolute atomic E-state index is 0.0548. The normalized spacial score (nSPS) is 18.4. The van der Waals surface area contributed by atoms with Gasteiger partial charge < -0.3 is 15.7 Å². The molecule has 2 aromatic rings. The van der Waals surface area contributed by atoms with Gasteiger partial charge in [0.25, 0.3) is 0 Å². The molecule has 0 atom stereocenters. The number of nitrogens with zero attached hydrogens (tertiary/aromatic N) is 3. The summed E-state index contributed by atoms with van der Waals surface area (Å²) in [6.45, 7) is 3.39. The number of nitrogen functional groups attached to an aromatic ring is 1. The van der Waals surface area contributed by atoms with Crippen LogP contribution >= 0.6 is 0 Å². The van der Waals surface area contributed by atoms with Crippen LogP contribution in [0.1, 0.15) is 19.8 Å². The van der Waals surface area contributed by atoms with E-state index in [0.717, 1.165) is 29.8 Å². The van der Waals surface area contributed by atoms with Crippen LogP contribution in [0.3, 0.4) is 0 Å². The second kappa shape index (κ2) is 4.53. The summed E-state index contributed by atoms with van der Waals surface area (Å²) < 4.78 is 3.28. The van der Waals surface area contributed by atoms with Gasteiger partial charge in [-0.2, -0.15) is 0 Å². The van der Waals surface area contributed by atoms with Crippen LogP contribution in [0.5, 0.6) is 0 Å². The van der Waals surface area contributed by atoms with E-state index in [-0.39, 0.29) is 5.69 Å². The van der Waals surface area contributed by atoms with E-state index in [4.69, 9.17) is 5.73 Å². The van der Waals surface area contributed by atoms with Crippen molar-refractivity contribution < 1.29 is 5.11 Å². The molecule has 0 spiro atoms. The maximum absolute atomic E-state index is 12.2. The summed E-state index contributed by atoms with van der Waals surface area (Å²) in [4.78, 5) is 14.4. The SMILES string of the molecule is Cn1c(=O)n(C)c2c(N3CCC(C)(O)CC3)cc(N)cc21. The van der Waals surface area contributed by atoms with Crippen molar-refractivity contribution in [3.8, 4) is 0 Å². The third kappa shape index (κ3) is 2.19. The van der Waals surface area contributed by atoms with Crippen molar-refractivity contribution in [1.29, 1.82) is 0 Å². The van der Waals surface area contributed by atoms with Gasteiger partial charge >= 0.3 is 5.69 Å². The zero-order chi connectivity index (χ0) is 15.4. The zero-order valence-corrected chi connectivity index (χ0v) is 12.8. The van der Waals surface area contributed by atoms with Gasteiger partial charge in [-0.3, -0.25) is 9.13 Å². The monoisotopic (exact) mass is 290 g/mol. The van der Waals surface area contributed by atoms with E-state index in [9.17, 15) is 9.90 Å². The number of rotatable bonds is 1. The molecule has 2 heterocycles. The first-order valence-corrected chi connectivity index (χ1v) is 7.22. The topological polar surface area (TPSA) is 76.4 Å². The lowest BCUT2D eigenvalue weighted by molar-refractivity contribution is 0.0352. The van der Waals surface area contributed by atoms with Gasteiger partial charge in [0.15, 0.2) is 0 Å². The van der Waals surface area contributed by atoms with E-state index >= 15 is 0 Å². The number of anilines is 2. The standard InChI is InChI=1S/C15H22N4O2/c1-15(21)4-6-19(7-5-15)12-9-10(16)8-11-13(12)18(3)14(20)17(11)2/h8-9,21H,4-7,16H2,1-3H3. The zero-order valence-electron chi connectivity index (χ0n) is 12.8. The Morgan fingerprint density at radius 3 is 2.43 bits per heavy atom. The lowest BCUT2D eigenvalue weighted by atomic mass is 9.93. The van der Waals surface area contributed by atoms with Crippen LogP contribution in [0.4, 0.5) is 11.4 Å². The van der Waals surface area contributed by atoms with E-state index in [1.165, 1.54) is 0 Å². The molecule has 0 amide bonds. The number of nitrogens with two attached hydrogens (primary N) is 1. The Morgan fingerprint density at radius 2 is 1.81 bits per heavy atom. The molecule has 114 valence electrons. The fourth-order valence-electron chi connectivity index (χ4n) is 3.12. The van der Waals surface area contributed by atoms with Gasteiger partial charge in [-0.1, -0.05) is 0 Å². The highest BCUT2D eigenvalue weighted by Crippen LogP contribution is 2.32. The average Bonchev–Trinajstić information content (AvgIpc) is 2.63. The quantitative estimate of drug-likeness (QED) is 0.762. The highest BCUT2D eigenvalue weighted by atomic mass is 16.3. The predicted molar refractivity (Wildman–Crippen MR) is 84.6 cm³/mol. The molecular formula is C15H22N4O2. The summed E-state index contributed by atoms with van der Waals surface area (Å²) in [7, 11) is 3.54. The van der Waals surface area contributed by atoms with Crippen LogP contribution in [0, 0.1) is 0 Å². The second-order valence-electron chi connectivity index (χ2n) is 6.29. The Hall–Kier alpha value is -1.95. The summed E-state index contributed by atoms with van der Waals surface area (Å²) in [6.07, 6.45) is 1.42. The molecule has 1 aromatic heterocycles. The molecular weight excluding hydrogens is 268 g/mol. The Kier molecular flexibility index (Phi) is 3.02. The third-order valence-electron chi connectivity index (χ3n) is 4.54. The van der Waals surface area contributed by atoms with E-state index in [0.29, 0.717) is 18.5 Å². The van der Waals surface area contributed by atoms with Crippen molar-refractivity contribution in [2.75, 3.05) is 23.7 Å². The van der Waals surface area contributed by atoms with Gasteiger partial charge in [0, 0.05) is 32.9 Å². The summed E-state index contributed by atoms with van der Waals surface area (Å²) in [5, 5.41) is 10.1. The number of fused-ring (bicyclic) bond motifs is 1. The van der Waals surface area contributed by atoms with Crippen LogP contribution in [0.2, 0.25) is 0 Å². The molecule has 0 aliphatic carbocycles. The van der Waals surface area contributed by atoms with Crippen LogP contribution in [-0.2, 0) is 14.1 Å². The highest BCUT2D eigenvalue weighted by Gasteiger charge is 2.29. The molecule has 6 heteroatoms. The molecule has 1 aliphatic rings. The maximum Gasteiger partial charge on any atom is 0.328 e. The van der Waals surface area contributed by atoms with E-state index in [1.807, 2.05) is 19.1 Å².